The van der Waals surface area contributed by atoms with Crippen LogP contribution in [0.4, 0.5) is 0 Å². The summed E-state index contributed by atoms with van der Waals surface area (Å²) in [7, 11) is 0. The highest BCUT2D eigenvalue weighted by molar-refractivity contribution is 9.10. The summed E-state index contributed by atoms with van der Waals surface area (Å²) in [5.74, 6) is 0.0359. The molecule has 0 aromatic carbocycles. The Morgan fingerprint density at radius 3 is 2.00 bits per heavy atom. The van der Waals surface area contributed by atoms with Crippen molar-refractivity contribution in [3.05, 3.63) is 57.0 Å². The maximum atomic E-state index is 10.7. The van der Waals surface area contributed by atoms with Crippen LogP contribution in [0.3, 0.4) is 0 Å². The van der Waals surface area contributed by atoms with Crippen molar-refractivity contribution >= 4 is 37.6 Å². The molecule has 0 spiro atoms. The Hall–Kier alpha value is -1.11. The van der Waals surface area contributed by atoms with Crippen molar-refractivity contribution in [2.75, 3.05) is 0 Å². The molecular weight excluding hydrogens is 388 g/mol. The Kier molecular flexibility index (Phi) is 6.98. The monoisotopic (exact) mass is 400 g/mol. The molecule has 2 aromatic heterocycles. The van der Waals surface area contributed by atoms with Crippen LogP contribution >= 0.6 is 31.9 Å². The fourth-order valence-electron chi connectivity index (χ4n) is 1.26. The molecule has 2 rings (SSSR count). The minimum absolute atomic E-state index is 0.0359. The first-order chi connectivity index (χ1) is 9.40. The van der Waals surface area contributed by atoms with E-state index in [2.05, 4.69) is 41.8 Å². The lowest BCUT2D eigenvalue weighted by molar-refractivity contribution is 0.101. The van der Waals surface area contributed by atoms with Gasteiger partial charge in [-0.2, -0.15) is 0 Å². The first-order valence-corrected chi connectivity index (χ1v) is 7.38. The lowest BCUT2D eigenvalue weighted by atomic mass is 10.2. The summed E-state index contributed by atoms with van der Waals surface area (Å²) in [5.41, 5.74) is 1.46. The molecule has 0 fully saturated rings. The van der Waals surface area contributed by atoms with Crippen molar-refractivity contribution < 1.29 is 9.90 Å². The molecule has 106 valence electrons. The Morgan fingerprint density at radius 1 is 1.10 bits per heavy atom. The van der Waals surface area contributed by atoms with Gasteiger partial charge in [-0.25, -0.2) is 0 Å². The zero-order valence-corrected chi connectivity index (χ0v) is 14.2. The van der Waals surface area contributed by atoms with E-state index in [9.17, 15) is 4.79 Å². The zero-order valence-electron chi connectivity index (χ0n) is 11.0. The fraction of sp³-hybridized carbons (Fsp3) is 0.214. The number of ketones is 1. The van der Waals surface area contributed by atoms with Crippen LogP contribution in [0.15, 0.2) is 45.9 Å². The standard InChI is InChI=1S/C7H8BrNO.C7H6BrNO/c2*1-5(10)6-2-7(8)4-9-3-6/h2-5,10H,1H3;2-4H,1H3. The summed E-state index contributed by atoms with van der Waals surface area (Å²) in [5, 5.41) is 9.09. The van der Waals surface area contributed by atoms with Crippen molar-refractivity contribution in [1.29, 1.82) is 0 Å². The van der Waals surface area contributed by atoms with Gasteiger partial charge in [0.05, 0.1) is 6.10 Å². The van der Waals surface area contributed by atoms with Crippen molar-refractivity contribution in [1.82, 2.24) is 9.97 Å². The Bertz CT molecular complexity index is 589. The molecule has 1 N–H and O–H groups in total. The van der Waals surface area contributed by atoms with Gasteiger partial charge in [-0.15, -0.1) is 0 Å². The highest BCUT2D eigenvalue weighted by atomic mass is 79.9. The van der Waals surface area contributed by atoms with Gasteiger partial charge in [-0.1, -0.05) is 0 Å². The fourth-order valence-corrected chi connectivity index (χ4v) is 2.01. The van der Waals surface area contributed by atoms with Crippen LogP contribution in [-0.4, -0.2) is 20.9 Å². The first kappa shape index (κ1) is 16.9. The zero-order chi connectivity index (χ0) is 15.1. The molecule has 0 saturated heterocycles. The number of pyridine rings is 2. The second kappa shape index (κ2) is 8.24. The Labute approximate surface area is 134 Å². The molecule has 0 bridgehead atoms. The predicted molar refractivity (Wildman–Crippen MR) is 84.5 cm³/mol. The van der Waals surface area contributed by atoms with Crippen molar-refractivity contribution in [3.63, 3.8) is 0 Å². The van der Waals surface area contributed by atoms with Gasteiger partial charge in [0, 0.05) is 39.3 Å². The average Bonchev–Trinajstić information content (AvgIpc) is 2.39. The van der Waals surface area contributed by atoms with Gasteiger partial charge in [0.15, 0.2) is 5.78 Å². The SMILES string of the molecule is CC(=O)c1cncc(Br)c1.CC(O)c1cncc(Br)c1. The number of Topliss-reactive ketones (excluding diaryl/α,β-unsaturated/α-hetero) is 1. The average molecular weight is 402 g/mol. The molecule has 6 heteroatoms. The summed E-state index contributed by atoms with van der Waals surface area (Å²) < 4.78 is 1.73. The number of halogens is 2. The number of carbonyl (C=O) groups is 1. The highest BCUT2D eigenvalue weighted by Crippen LogP contribution is 2.15. The minimum atomic E-state index is -0.440. The van der Waals surface area contributed by atoms with E-state index in [1.165, 1.54) is 6.92 Å². The summed E-state index contributed by atoms with van der Waals surface area (Å²) in [6.07, 6.45) is 6.09. The van der Waals surface area contributed by atoms with E-state index in [1.807, 2.05) is 6.07 Å². The third-order valence-corrected chi connectivity index (χ3v) is 3.19. The Balaban J connectivity index is 0.000000200. The predicted octanol–water partition coefficient (Wildman–Crippen LogP) is 3.94. The number of hydrogen-bond donors (Lipinski definition) is 1. The molecule has 1 atom stereocenters. The topological polar surface area (TPSA) is 63.1 Å². The van der Waals surface area contributed by atoms with Gasteiger partial charge < -0.3 is 5.11 Å². The second-order valence-electron chi connectivity index (χ2n) is 4.06. The van der Waals surface area contributed by atoms with Gasteiger partial charge in [-0.05, 0) is 63.4 Å². The summed E-state index contributed by atoms with van der Waals surface area (Å²) in [4.78, 5) is 18.5. The number of rotatable bonds is 2. The molecule has 0 aliphatic carbocycles. The van der Waals surface area contributed by atoms with Crippen LogP contribution in [0, 0.1) is 0 Å². The van der Waals surface area contributed by atoms with Crippen LogP contribution in [0.25, 0.3) is 0 Å². The number of hydrogen-bond acceptors (Lipinski definition) is 4. The third kappa shape index (κ3) is 5.90. The molecule has 1 unspecified atom stereocenters. The van der Waals surface area contributed by atoms with Crippen LogP contribution in [0.1, 0.15) is 35.9 Å². The van der Waals surface area contributed by atoms with Gasteiger partial charge >= 0.3 is 0 Å². The van der Waals surface area contributed by atoms with Crippen LogP contribution in [0.2, 0.25) is 0 Å². The number of nitrogens with zero attached hydrogens (tertiary/aromatic N) is 2. The van der Waals surface area contributed by atoms with Crippen molar-refractivity contribution in [2.24, 2.45) is 0 Å². The third-order valence-electron chi connectivity index (χ3n) is 2.32. The van der Waals surface area contributed by atoms with E-state index in [4.69, 9.17) is 5.11 Å². The second-order valence-corrected chi connectivity index (χ2v) is 5.89. The van der Waals surface area contributed by atoms with Gasteiger partial charge in [0.2, 0.25) is 0 Å². The van der Waals surface area contributed by atoms with Crippen LogP contribution in [0.5, 0.6) is 0 Å². The summed E-state index contributed by atoms with van der Waals surface area (Å²) in [6, 6.07) is 3.59. The number of aliphatic hydroxyl groups is 1. The van der Waals surface area contributed by atoms with E-state index >= 15 is 0 Å². The van der Waals surface area contributed by atoms with Gasteiger partial charge in [-0.3, -0.25) is 14.8 Å². The number of carbonyl (C=O) groups excluding carboxylic acids is 1. The first-order valence-electron chi connectivity index (χ1n) is 5.80. The molecule has 0 aliphatic heterocycles. The van der Waals surface area contributed by atoms with Crippen LogP contribution < -0.4 is 0 Å². The van der Waals surface area contributed by atoms with E-state index < -0.39 is 6.10 Å². The van der Waals surface area contributed by atoms with E-state index in [1.54, 1.807) is 37.8 Å². The summed E-state index contributed by atoms with van der Waals surface area (Å²) in [6.45, 7) is 3.23. The summed E-state index contributed by atoms with van der Waals surface area (Å²) >= 11 is 6.47. The largest absolute Gasteiger partial charge is 0.389 e. The maximum absolute atomic E-state index is 10.7. The number of aliphatic hydroxyl groups excluding tert-OH is 1. The molecular formula is C14H14Br2N2O2. The van der Waals surface area contributed by atoms with E-state index in [0.29, 0.717) is 5.56 Å². The van der Waals surface area contributed by atoms with E-state index in [-0.39, 0.29) is 5.78 Å². The Morgan fingerprint density at radius 2 is 1.65 bits per heavy atom. The highest BCUT2D eigenvalue weighted by Gasteiger charge is 1.99. The molecule has 0 amide bonds. The molecule has 2 aromatic rings. The van der Waals surface area contributed by atoms with Crippen molar-refractivity contribution in [2.45, 2.75) is 20.0 Å². The molecule has 0 radical (unpaired) electrons. The molecule has 4 nitrogen and oxygen atoms in total. The lowest BCUT2D eigenvalue weighted by Gasteiger charge is -2.02. The quantitative estimate of drug-likeness (QED) is 0.774. The molecule has 0 aliphatic rings. The molecule has 2 heterocycles. The van der Waals surface area contributed by atoms with Crippen LogP contribution in [-0.2, 0) is 0 Å². The lowest BCUT2D eigenvalue weighted by Crippen LogP contribution is -1.91. The van der Waals surface area contributed by atoms with Gasteiger partial charge in [0.1, 0.15) is 0 Å². The minimum Gasteiger partial charge on any atom is -0.389 e. The maximum Gasteiger partial charge on any atom is 0.161 e. The molecule has 0 saturated carbocycles. The van der Waals surface area contributed by atoms with E-state index in [0.717, 1.165) is 14.5 Å². The van der Waals surface area contributed by atoms with Gasteiger partial charge in [0.25, 0.3) is 0 Å². The normalized spacial score (nSPS) is 11.2. The molecule has 20 heavy (non-hydrogen) atoms. The number of aromatic nitrogens is 2. The smallest absolute Gasteiger partial charge is 0.161 e. The van der Waals surface area contributed by atoms with Crippen molar-refractivity contribution in [3.8, 4) is 0 Å².